The van der Waals surface area contributed by atoms with Crippen LogP contribution in [0.3, 0.4) is 0 Å². The van der Waals surface area contributed by atoms with E-state index in [9.17, 15) is 4.79 Å². The molecule has 0 bridgehead atoms. The molecule has 0 N–H and O–H groups in total. The Labute approximate surface area is 205 Å². The molecule has 7 nitrogen and oxygen atoms in total. The third kappa shape index (κ3) is 4.68. The van der Waals surface area contributed by atoms with Gasteiger partial charge in [0.1, 0.15) is 23.0 Å². The average Bonchev–Trinajstić information content (AvgIpc) is 3.46. The van der Waals surface area contributed by atoms with E-state index in [0.29, 0.717) is 39.3 Å². The monoisotopic (exact) mass is 491 g/mol. The van der Waals surface area contributed by atoms with Crippen LogP contribution in [0.25, 0.3) is 0 Å². The molecule has 4 rings (SSSR count). The minimum Gasteiger partial charge on any atom is -0.496 e. The van der Waals surface area contributed by atoms with Crippen LogP contribution in [0.1, 0.15) is 10.6 Å². The van der Waals surface area contributed by atoms with Crippen molar-refractivity contribution in [3.8, 4) is 23.0 Å². The number of rotatable bonds is 9. The Morgan fingerprint density at radius 2 is 1.14 bits per heavy atom. The zero-order chi connectivity index (χ0) is 24.8. The molecule has 8 heteroatoms. The summed E-state index contributed by atoms with van der Waals surface area (Å²) in [5, 5.41) is 1.39. The summed E-state index contributed by atoms with van der Waals surface area (Å²) in [7, 11) is 4.64. The second-order valence-electron chi connectivity index (χ2n) is 7.26. The Hall–Kier alpha value is -3.96. The molecule has 1 heterocycles. The number of hydrogen-bond acceptors (Lipinski definition) is 6. The molecule has 0 aliphatic rings. The molecule has 1 aromatic heterocycles. The molecule has 0 aliphatic heterocycles. The molecular weight excluding hydrogens is 465 g/mol. The third-order valence-corrected chi connectivity index (χ3v) is 7.89. The van der Waals surface area contributed by atoms with Gasteiger partial charge in [0.15, 0.2) is 5.76 Å². The highest BCUT2D eigenvalue weighted by atomic mass is 31.1. The number of anilines is 1. The Morgan fingerprint density at radius 3 is 1.54 bits per heavy atom. The van der Waals surface area contributed by atoms with Crippen molar-refractivity contribution in [3.63, 3.8) is 0 Å². The van der Waals surface area contributed by atoms with Crippen molar-refractivity contribution in [1.82, 2.24) is 0 Å². The number of hydrogen-bond donors (Lipinski definition) is 0. The molecule has 35 heavy (non-hydrogen) atoms. The van der Waals surface area contributed by atoms with Crippen LogP contribution in [0.5, 0.6) is 23.0 Å². The Balaban J connectivity index is 2.12. The molecule has 0 saturated carbocycles. The van der Waals surface area contributed by atoms with E-state index in [1.54, 1.807) is 45.2 Å². The van der Waals surface area contributed by atoms with Crippen molar-refractivity contribution in [2.45, 2.75) is 0 Å². The lowest BCUT2D eigenvalue weighted by atomic mass is 10.3. The Morgan fingerprint density at radius 1 is 0.657 bits per heavy atom. The van der Waals surface area contributed by atoms with Gasteiger partial charge in [-0.25, -0.2) is 0 Å². The summed E-state index contributed by atoms with van der Waals surface area (Å²) in [4.78, 5) is 14.1. The number of carbonyl (C=O) groups is 1. The van der Waals surface area contributed by atoms with Crippen molar-refractivity contribution >= 4 is 30.3 Å². The van der Waals surface area contributed by atoms with Crippen LogP contribution in [-0.4, -0.2) is 34.3 Å². The SMILES string of the molecule is COc1cccc(OC)c1P(c1c(OC)cccc1OC)N(C(=O)c1ccco1)c1ccccc1. The predicted octanol–water partition coefficient (Wildman–Crippen LogP) is 5.01. The first-order chi connectivity index (χ1) is 17.1. The number of carbonyl (C=O) groups excluding carboxylic acids is 1. The maximum atomic E-state index is 14.1. The highest BCUT2D eigenvalue weighted by Crippen LogP contribution is 2.51. The molecule has 0 radical (unpaired) electrons. The fourth-order valence-corrected chi connectivity index (χ4v) is 6.56. The number of amides is 1. The van der Waals surface area contributed by atoms with E-state index >= 15 is 0 Å². The molecular formula is C27H26NO6P. The van der Waals surface area contributed by atoms with Gasteiger partial charge in [-0.15, -0.1) is 0 Å². The Kier molecular flexibility index (Phi) is 7.58. The number of para-hydroxylation sites is 1. The molecule has 0 aliphatic carbocycles. The van der Waals surface area contributed by atoms with E-state index in [1.165, 1.54) is 6.26 Å². The molecule has 3 aromatic carbocycles. The van der Waals surface area contributed by atoms with Crippen LogP contribution in [0.4, 0.5) is 5.69 Å². The van der Waals surface area contributed by atoms with Crippen LogP contribution in [0.2, 0.25) is 0 Å². The van der Waals surface area contributed by atoms with Gasteiger partial charge in [0.25, 0.3) is 5.91 Å². The maximum Gasteiger partial charge on any atom is 0.297 e. The molecule has 180 valence electrons. The number of nitrogens with zero attached hydrogens (tertiary/aromatic N) is 1. The second kappa shape index (κ2) is 11.0. The van der Waals surface area contributed by atoms with Gasteiger partial charge in [-0.05, 0) is 48.5 Å². The van der Waals surface area contributed by atoms with E-state index in [0.717, 1.165) is 0 Å². The number of furan rings is 1. The summed E-state index contributed by atoms with van der Waals surface area (Å²) in [6.07, 6.45) is 1.48. The van der Waals surface area contributed by atoms with Gasteiger partial charge in [-0.1, -0.05) is 30.3 Å². The van der Waals surface area contributed by atoms with E-state index in [4.69, 9.17) is 23.4 Å². The van der Waals surface area contributed by atoms with Gasteiger partial charge in [-0.3, -0.25) is 9.46 Å². The standard InChI is InChI=1S/C27H26NO6P/c1-30-20-13-8-14-21(31-2)25(20)35(26-22(32-3)15-9-16-23(26)33-4)28(19-11-6-5-7-12-19)27(29)24-17-10-18-34-24/h5-18H,1-4H3. The van der Waals surface area contributed by atoms with Crippen molar-refractivity contribution < 1.29 is 28.2 Å². The lowest BCUT2D eigenvalue weighted by Gasteiger charge is -2.34. The summed E-state index contributed by atoms with van der Waals surface area (Å²) in [5.74, 6) is 2.14. The largest absolute Gasteiger partial charge is 0.496 e. The van der Waals surface area contributed by atoms with Crippen molar-refractivity contribution in [1.29, 1.82) is 0 Å². The first kappa shape index (κ1) is 24.2. The van der Waals surface area contributed by atoms with Gasteiger partial charge in [-0.2, -0.15) is 0 Å². The maximum absolute atomic E-state index is 14.1. The highest BCUT2D eigenvalue weighted by molar-refractivity contribution is 7.76. The van der Waals surface area contributed by atoms with E-state index in [1.807, 2.05) is 66.7 Å². The van der Waals surface area contributed by atoms with Crippen molar-refractivity contribution in [2.24, 2.45) is 0 Å². The fourth-order valence-electron chi connectivity index (χ4n) is 3.79. The van der Waals surface area contributed by atoms with Gasteiger partial charge < -0.3 is 23.4 Å². The fraction of sp³-hybridized carbons (Fsp3) is 0.148. The lowest BCUT2D eigenvalue weighted by Crippen LogP contribution is -2.35. The van der Waals surface area contributed by atoms with Crippen LogP contribution >= 0.6 is 8.07 Å². The zero-order valence-corrected chi connectivity index (χ0v) is 20.8. The van der Waals surface area contributed by atoms with Crippen LogP contribution in [0.15, 0.2) is 89.5 Å². The number of ether oxygens (including phenoxy) is 4. The number of benzene rings is 3. The quantitative estimate of drug-likeness (QED) is 0.307. The minimum absolute atomic E-state index is 0.198. The van der Waals surface area contributed by atoms with Crippen LogP contribution in [0, 0.1) is 0 Å². The topological polar surface area (TPSA) is 70.4 Å². The number of methoxy groups -OCH3 is 4. The van der Waals surface area contributed by atoms with Crippen molar-refractivity contribution in [3.05, 3.63) is 90.9 Å². The van der Waals surface area contributed by atoms with Gasteiger partial charge in [0, 0.05) is 5.69 Å². The summed E-state index contributed by atoms with van der Waals surface area (Å²) >= 11 is 0. The third-order valence-electron chi connectivity index (χ3n) is 5.35. The molecule has 1 amide bonds. The van der Waals surface area contributed by atoms with Gasteiger partial charge in [0.05, 0.1) is 53.4 Å². The summed E-state index contributed by atoms with van der Waals surface area (Å²) in [5.41, 5.74) is 0.668. The normalized spacial score (nSPS) is 10.7. The van der Waals surface area contributed by atoms with E-state index < -0.39 is 8.07 Å². The van der Waals surface area contributed by atoms with Crippen LogP contribution in [-0.2, 0) is 0 Å². The second-order valence-corrected chi connectivity index (χ2v) is 9.18. The molecule has 0 unspecified atom stereocenters. The zero-order valence-electron chi connectivity index (χ0n) is 19.9. The summed E-state index contributed by atoms with van der Waals surface area (Å²) < 4.78 is 30.4. The minimum atomic E-state index is -1.72. The molecule has 0 atom stereocenters. The van der Waals surface area contributed by atoms with Gasteiger partial charge in [0.2, 0.25) is 0 Å². The van der Waals surface area contributed by atoms with Crippen molar-refractivity contribution in [2.75, 3.05) is 33.1 Å². The molecule has 0 spiro atoms. The average molecular weight is 491 g/mol. The highest BCUT2D eigenvalue weighted by Gasteiger charge is 2.38. The smallest absolute Gasteiger partial charge is 0.297 e. The van der Waals surface area contributed by atoms with Crippen LogP contribution < -0.4 is 34.2 Å². The van der Waals surface area contributed by atoms with E-state index in [-0.39, 0.29) is 11.7 Å². The molecule has 0 saturated heterocycles. The first-order valence-corrected chi connectivity index (χ1v) is 12.1. The Bertz CT molecular complexity index is 1180. The molecule has 4 aromatic rings. The lowest BCUT2D eigenvalue weighted by molar-refractivity contribution is 0.0980. The summed E-state index contributed by atoms with van der Waals surface area (Å²) in [6, 6.07) is 23.8. The van der Waals surface area contributed by atoms with E-state index in [2.05, 4.69) is 0 Å². The predicted molar refractivity (Wildman–Crippen MR) is 137 cm³/mol. The molecule has 0 fully saturated rings. The summed E-state index contributed by atoms with van der Waals surface area (Å²) in [6.45, 7) is 0. The first-order valence-electron chi connectivity index (χ1n) is 10.8. The van der Waals surface area contributed by atoms with Gasteiger partial charge >= 0.3 is 0 Å².